The maximum absolute atomic E-state index is 9.33. The Kier molecular flexibility index (Phi) is 2.50. The van der Waals surface area contributed by atoms with Crippen LogP contribution in [0.5, 0.6) is 5.75 Å². The predicted molar refractivity (Wildman–Crippen MR) is 45.1 cm³/mol. The molecule has 0 radical (unpaired) electrons. The van der Waals surface area contributed by atoms with Gasteiger partial charge in [0.25, 0.3) is 0 Å². The van der Waals surface area contributed by atoms with Crippen LogP contribution in [0.2, 0.25) is 0 Å². The highest BCUT2D eigenvalue weighted by atomic mass is 79.9. The summed E-state index contributed by atoms with van der Waals surface area (Å²) in [5.74, 6) is 0.161. The van der Waals surface area contributed by atoms with Crippen LogP contribution < -0.4 is 0 Å². The summed E-state index contributed by atoms with van der Waals surface area (Å²) < 4.78 is 0.630. The minimum atomic E-state index is 0.161. The minimum Gasteiger partial charge on any atom is -0.506 e. The first-order valence-corrected chi connectivity index (χ1v) is 3.88. The van der Waals surface area contributed by atoms with E-state index in [0.717, 1.165) is 0 Å². The Balaban J connectivity index is 3.08. The van der Waals surface area contributed by atoms with Gasteiger partial charge in [0.1, 0.15) is 5.75 Å². The zero-order valence-corrected chi connectivity index (χ0v) is 7.30. The molecule has 1 aromatic rings. The molecule has 0 unspecified atom stereocenters. The third kappa shape index (κ3) is 1.72. The topological polar surface area (TPSA) is 44.0 Å². The molecule has 0 bridgehead atoms. The second-order valence-corrected chi connectivity index (χ2v) is 2.94. The van der Waals surface area contributed by atoms with Crippen molar-refractivity contribution in [2.24, 2.45) is 0 Å². The lowest BCUT2D eigenvalue weighted by Crippen LogP contribution is -1.82. The number of phenolic OH excluding ortho intramolecular Hbond substituents is 1. The van der Waals surface area contributed by atoms with E-state index in [9.17, 15) is 5.11 Å². The van der Waals surface area contributed by atoms with Crippen LogP contribution in [0.3, 0.4) is 0 Å². The van der Waals surface area contributed by atoms with Gasteiger partial charge in [0.05, 0.1) is 17.0 Å². The highest BCUT2D eigenvalue weighted by Crippen LogP contribution is 2.27. The summed E-state index contributed by atoms with van der Waals surface area (Å²) in [6, 6.07) is 7.22. The molecule has 0 aliphatic heterocycles. The van der Waals surface area contributed by atoms with E-state index in [1.807, 2.05) is 6.07 Å². The Morgan fingerprint density at radius 2 is 2.27 bits per heavy atom. The lowest BCUT2D eigenvalue weighted by Gasteiger charge is -2.00. The van der Waals surface area contributed by atoms with Gasteiger partial charge in [-0.1, -0.05) is 12.1 Å². The molecule has 0 fully saturated rings. The van der Waals surface area contributed by atoms with Crippen LogP contribution in [0.1, 0.15) is 5.56 Å². The van der Waals surface area contributed by atoms with E-state index in [1.165, 1.54) is 0 Å². The first kappa shape index (κ1) is 8.09. The van der Waals surface area contributed by atoms with Crippen LogP contribution in [0.4, 0.5) is 0 Å². The fourth-order valence-electron chi connectivity index (χ4n) is 0.788. The molecule has 0 aromatic heterocycles. The number of hydrogen-bond acceptors (Lipinski definition) is 2. The standard InChI is InChI=1S/C8H6BrNO/c9-7-3-1-2-6(4-5-10)8(7)11/h1-3,11H,4H2. The van der Waals surface area contributed by atoms with Crippen LogP contribution >= 0.6 is 15.9 Å². The maximum Gasteiger partial charge on any atom is 0.133 e. The number of benzene rings is 1. The molecule has 0 saturated heterocycles. The molecule has 0 spiro atoms. The van der Waals surface area contributed by atoms with Gasteiger partial charge >= 0.3 is 0 Å². The van der Waals surface area contributed by atoms with E-state index < -0.39 is 0 Å². The lowest BCUT2D eigenvalue weighted by atomic mass is 10.1. The van der Waals surface area contributed by atoms with E-state index in [4.69, 9.17) is 5.26 Å². The molecular formula is C8H6BrNO. The number of para-hydroxylation sites is 1. The Bertz CT molecular complexity index is 303. The van der Waals surface area contributed by atoms with Crippen molar-refractivity contribution in [2.45, 2.75) is 6.42 Å². The van der Waals surface area contributed by atoms with E-state index in [1.54, 1.807) is 18.2 Å². The molecule has 0 atom stereocenters. The van der Waals surface area contributed by atoms with Gasteiger partial charge in [-0.15, -0.1) is 0 Å². The van der Waals surface area contributed by atoms with Crippen LogP contribution in [-0.2, 0) is 6.42 Å². The van der Waals surface area contributed by atoms with Gasteiger partial charge in [-0.25, -0.2) is 0 Å². The number of halogens is 1. The number of nitrogens with zero attached hydrogens (tertiary/aromatic N) is 1. The molecule has 0 amide bonds. The Morgan fingerprint density at radius 3 is 2.91 bits per heavy atom. The van der Waals surface area contributed by atoms with E-state index in [-0.39, 0.29) is 12.2 Å². The monoisotopic (exact) mass is 211 g/mol. The second kappa shape index (κ2) is 3.40. The average Bonchev–Trinajstić information content (AvgIpc) is 1.99. The molecule has 2 nitrogen and oxygen atoms in total. The van der Waals surface area contributed by atoms with E-state index in [0.29, 0.717) is 10.0 Å². The summed E-state index contributed by atoms with van der Waals surface area (Å²) in [5, 5.41) is 17.7. The SMILES string of the molecule is N#CCc1cccc(Br)c1O. The van der Waals surface area contributed by atoms with Crippen molar-refractivity contribution in [1.29, 1.82) is 5.26 Å². The molecule has 1 N–H and O–H groups in total. The molecule has 0 heterocycles. The smallest absolute Gasteiger partial charge is 0.133 e. The van der Waals surface area contributed by atoms with Gasteiger partial charge in [-0.05, 0) is 22.0 Å². The van der Waals surface area contributed by atoms with Crippen molar-refractivity contribution >= 4 is 15.9 Å². The number of aromatic hydroxyl groups is 1. The van der Waals surface area contributed by atoms with Crippen LogP contribution in [0, 0.1) is 11.3 Å². The zero-order valence-electron chi connectivity index (χ0n) is 5.71. The quantitative estimate of drug-likeness (QED) is 0.775. The summed E-state index contributed by atoms with van der Waals surface area (Å²) in [7, 11) is 0. The van der Waals surface area contributed by atoms with Crippen molar-refractivity contribution in [2.75, 3.05) is 0 Å². The summed E-state index contributed by atoms with van der Waals surface area (Å²) >= 11 is 3.16. The first-order valence-electron chi connectivity index (χ1n) is 3.09. The van der Waals surface area contributed by atoms with Gasteiger partial charge in [0.2, 0.25) is 0 Å². The Labute approximate surface area is 73.2 Å². The van der Waals surface area contributed by atoms with Crippen LogP contribution in [0.15, 0.2) is 22.7 Å². The van der Waals surface area contributed by atoms with Crippen molar-refractivity contribution in [1.82, 2.24) is 0 Å². The molecule has 0 saturated carbocycles. The second-order valence-electron chi connectivity index (χ2n) is 2.08. The highest BCUT2D eigenvalue weighted by molar-refractivity contribution is 9.10. The summed E-state index contributed by atoms with van der Waals surface area (Å²) in [5.41, 5.74) is 0.655. The molecule has 11 heavy (non-hydrogen) atoms. The first-order chi connectivity index (χ1) is 5.25. The van der Waals surface area contributed by atoms with Crippen molar-refractivity contribution < 1.29 is 5.11 Å². The van der Waals surface area contributed by atoms with Crippen molar-refractivity contribution in [3.63, 3.8) is 0 Å². The molecule has 1 aromatic carbocycles. The molecule has 1 rings (SSSR count). The van der Waals surface area contributed by atoms with Gasteiger partial charge in [0, 0.05) is 5.56 Å². The van der Waals surface area contributed by atoms with Gasteiger partial charge in [0.15, 0.2) is 0 Å². The molecule has 0 aliphatic rings. The van der Waals surface area contributed by atoms with Gasteiger partial charge in [-0.3, -0.25) is 0 Å². The highest BCUT2D eigenvalue weighted by Gasteiger charge is 2.02. The van der Waals surface area contributed by atoms with Crippen molar-refractivity contribution in [3.8, 4) is 11.8 Å². The zero-order chi connectivity index (χ0) is 8.27. The fourth-order valence-corrected chi connectivity index (χ4v) is 1.20. The van der Waals surface area contributed by atoms with Gasteiger partial charge < -0.3 is 5.11 Å². The fraction of sp³-hybridized carbons (Fsp3) is 0.125. The summed E-state index contributed by atoms with van der Waals surface area (Å²) in [6.07, 6.45) is 0.241. The molecular weight excluding hydrogens is 206 g/mol. The van der Waals surface area contributed by atoms with E-state index >= 15 is 0 Å². The number of nitriles is 1. The van der Waals surface area contributed by atoms with Crippen LogP contribution in [-0.4, -0.2) is 5.11 Å². The summed E-state index contributed by atoms with van der Waals surface area (Å²) in [6.45, 7) is 0. The van der Waals surface area contributed by atoms with Gasteiger partial charge in [-0.2, -0.15) is 5.26 Å². The Morgan fingerprint density at radius 1 is 1.55 bits per heavy atom. The normalized spacial score (nSPS) is 9.09. The minimum absolute atomic E-state index is 0.161. The summed E-state index contributed by atoms with van der Waals surface area (Å²) in [4.78, 5) is 0. The lowest BCUT2D eigenvalue weighted by molar-refractivity contribution is 0.466. The number of hydrogen-bond donors (Lipinski definition) is 1. The number of phenols is 1. The Hall–Kier alpha value is -1.01. The maximum atomic E-state index is 9.33. The molecule has 0 aliphatic carbocycles. The van der Waals surface area contributed by atoms with E-state index in [2.05, 4.69) is 15.9 Å². The third-order valence-electron chi connectivity index (χ3n) is 1.34. The van der Waals surface area contributed by atoms with Crippen LogP contribution in [0.25, 0.3) is 0 Å². The largest absolute Gasteiger partial charge is 0.506 e. The molecule has 3 heteroatoms. The predicted octanol–water partition coefficient (Wildman–Crippen LogP) is 2.22. The molecule has 56 valence electrons. The number of rotatable bonds is 1. The van der Waals surface area contributed by atoms with Crippen molar-refractivity contribution in [3.05, 3.63) is 28.2 Å². The third-order valence-corrected chi connectivity index (χ3v) is 1.98. The average molecular weight is 212 g/mol.